The van der Waals surface area contributed by atoms with Crippen molar-refractivity contribution in [1.82, 2.24) is 29.5 Å². The number of hydrogen-bond donors (Lipinski definition) is 2. The molecule has 4 aromatic rings. The van der Waals surface area contributed by atoms with Crippen molar-refractivity contribution >= 4 is 34.5 Å². The zero-order valence-corrected chi connectivity index (χ0v) is 22.1. The average Bonchev–Trinajstić information content (AvgIpc) is 3.50. The van der Waals surface area contributed by atoms with Crippen molar-refractivity contribution in [3.8, 4) is 21.8 Å². The van der Waals surface area contributed by atoms with Crippen LogP contribution in [0.15, 0.2) is 36.1 Å². The summed E-state index contributed by atoms with van der Waals surface area (Å²) in [6, 6.07) is 3.88. The molecule has 6 heterocycles. The van der Waals surface area contributed by atoms with Crippen molar-refractivity contribution in [2.45, 2.75) is 57.6 Å². The number of aliphatic hydroxyl groups excluding tert-OH is 1. The Kier molecular flexibility index (Phi) is 6.19. The lowest BCUT2D eigenvalue weighted by molar-refractivity contribution is -0.144. The highest BCUT2D eigenvalue weighted by atomic mass is 32.1. The van der Waals surface area contributed by atoms with Gasteiger partial charge in [0.1, 0.15) is 16.9 Å². The molecule has 1 aliphatic carbocycles. The average molecular weight is 532 g/mol. The Morgan fingerprint density at radius 2 is 2.05 bits per heavy atom. The van der Waals surface area contributed by atoms with Gasteiger partial charge >= 0.3 is 0 Å². The number of aromatic nitrogens is 5. The number of Topliss-reactive ketones (excluding diaryl/α,β-unsaturated/α-hetero) is 1. The Balaban J connectivity index is 1.43. The number of nitrogens with two attached hydrogens (primary N) is 1. The fourth-order valence-corrected chi connectivity index (χ4v) is 6.68. The van der Waals surface area contributed by atoms with E-state index in [9.17, 15) is 14.7 Å². The smallest absolute Gasteiger partial charge is 0.251 e. The van der Waals surface area contributed by atoms with Crippen LogP contribution in [-0.2, 0) is 4.79 Å². The fourth-order valence-electron chi connectivity index (χ4n) is 6.06. The van der Waals surface area contributed by atoms with E-state index in [1.165, 1.54) is 29.7 Å². The van der Waals surface area contributed by atoms with Crippen LogP contribution in [-0.4, -0.2) is 65.0 Å². The SMILES string of the molecule is CC(=O)c1c(C2CC3CCCC2CN3C(=O)C(C)O)nc2c(-c3ccc(-c4nccs4)nc3)cnn2c1N. The Hall–Kier alpha value is -3.70. The maximum Gasteiger partial charge on any atom is 0.251 e. The number of nitrogens with zero attached hydrogens (tertiary/aromatic N) is 6. The first-order valence-electron chi connectivity index (χ1n) is 12.9. The number of aliphatic hydroxyl groups is 1. The van der Waals surface area contributed by atoms with Crippen molar-refractivity contribution in [2.24, 2.45) is 5.92 Å². The Morgan fingerprint density at radius 3 is 2.74 bits per heavy atom. The first-order chi connectivity index (χ1) is 18.3. The molecule has 11 heteroatoms. The number of carbonyl (C=O) groups is 2. The molecular formula is C27H29N7O3S. The zero-order valence-electron chi connectivity index (χ0n) is 21.2. The Bertz CT molecular complexity index is 1510. The summed E-state index contributed by atoms with van der Waals surface area (Å²) in [4.78, 5) is 41.4. The van der Waals surface area contributed by atoms with E-state index in [0.717, 1.165) is 41.1 Å². The lowest BCUT2D eigenvalue weighted by atomic mass is 9.78. The third kappa shape index (κ3) is 4.06. The van der Waals surface area contributed by atoms with Gasteiger partial charge in [0.2, 0.25) is 0 Å². The number of hydrogen-bond acceptors (Lipinski definition) is 9. The molecule has 0 spiro atoms. The zero-order chi connectivity index (χ0) is 26.6. The van der Waals surface area contributed by atoms with E-state index < -0.39 is 6.10 Å². The highest BCUT2D eigenvalue weighted by Crippen LogP contribution is 2.45. The molecule has 3 fully saturated rings. The number of piperidine rings is 1. The van der Waals surface area contributed by atoms with Crippen LogP contribution in [0.25, 0.3) is 27.5 Å². The van der Waals surface area contributed by atoms with E-state index in [-0.39, 0.29) is 35.4 Å². The first-order valence-corrected chi connectivity index (χ1v) is 13.7. The number of ketones is 1. The lowest BCUT2D eigenvalue weighted by Crippen LogP contribution is -2.50. The summed E-state index contributed by atoms with van der Waals surface area (Å²) in [5, 5.41) is 17.2. The summed E-state index contributed by atoms with van der Waals surface area (Å²) >= 11 is 1.53. The molecule has 1 saturated carbocycles. The quantitative estimate of drug-likeness (QED) is 0.373. The minimum Gasteiger partial charge on any atom is -0.384 e. The first kappa shape index (κ1) is 24.6. The van der Waals surface area contributed by atoms with Gasteiger partial charge in [-0.1, -0.05) is 12.5 Å². The normalized spacial score (nSPS) is 22.0. The summed E-state index contributed by atoms with van der Waals surface area (Å²) in [7, 11) is 0. The van der Waals surface area contributed by atoms with E-state index >= 15 is 0 Å². The van der Waals surface area contributed by atoms with Crippen molar-refractivity contribution < 1.29 is 14.7 Å². The second-order valence-corrected chi connectivity index (χ2v) is 11.1. The van der Waals surface area contributed by atoms with Gasteiger partial charge in [-0.2, -0.15) is 9.61 Å². The van der Waals surface area contributed by atoms with Crippen LogP contribution in [0.5, 0.6) is 0 Å². The summed E-state index contributed by atoms with van der Waals surface area (Å²) < 4.78 is 1.53. The number of nitrogen functional groups attached to an aromatic ring is 1. The van der Waals surface area contributed by atoms with Crippen LogP contribution < -0.4 is 5.73 Å². The minimum atomic E-state index is -1.03. The molecule has 38 heavy (non-hydrogen) atoms. The molecule has 2 aliphatic heterocycles. The lowest BCUT2D eigenvalue weighted by Gasteiger charge is -2.42. The molecule has 196 valence electrons. The molecule has 1 amide bonds. The van der Waals surface area contributed by atoms with Crippen molar-refractivity contribution in [2.75, 3.05) is 12.3 Å². The molecule has 4 aromatic heterocycles. The van der Waals surface area contributed by atoms with Gasteiger partial charge in [0.25, 0.3) is 5.91 Å². The second kappa shape index (κ2) is 9.55. The molecular weight excluding hydrogens is 502 g/mol. The van der Waals surface area contributed by atoms with Crippen LogP contribution in [0.1, 0.15) is 61.5 Å². The van der Waals surface area contributed by atoms with E-state index in [1.807, 2.05) is 22.4 Å². The molecule has 4 atom stereocenters. The van der Waals surface area contributed by atoms with Gasteiger partial charge in [-0.25, -0.2) is 9.97 Å². The number of fused-ring (bicyclic) bond motifs is 5. The highest BCUT2D eigenvalue weighted by molar-refractivity contribution is 7.13. The number of rotatable bonds is 5. The van der Waals surface area contributed by atoms with Gasteiger partial charge < -0.3 is 15.7 Å². The molecule has 4 unspecified atom stereocenters. The van der Waals surface area contributed by atoms with Gasteiger partial charge in [0, 0.05) is 47.4 Å². The maximum atomic E-state index is 12.9. The molecule has 10 nitrogen and oxygen atoms in total. The maximum absolute atomic E-state index is 12.9. The summed E-state index contributed by atoms with van der Waals surface area (Å²) in [6.07, 6.45) is 7.65. The third-order valence-corrected chi connectivity index (χ3v) is 8.66. The molecule has 2 bridgehead atoms. The topological polar surface area (TPSA) is 140 Å². The summed E-state index contributed by atoms with van der Waals surface area (Å²) in [5.41, 5.74) is 10.6. The number of amides is 1. The van der Waals surface area contributed by atoms with Crippen LogP contribution in [0.2, 0.25) is 0 Å². The van der Waals surface area contributed by atoms with Gasteiger partial charge in [0.05, 0.1) is 23.1 Å². The number of thiazole rings is 1. The number of pyridine rings is 1. The van der Waals surface area contributed by atoms with Crippen molar-refractivity contribution in [3.63, 3.8) is 0 Å². The Morgan fingerprint density at radius 1 is 1.21 bits per heavy atom. The third-order valence-electron chi connectivity index (χ3n) is 7.86. The van der Waals surface area contributed by atoms with Crippen LogP contribution in [0.4, 0.5) is 5.82 Å². The van der Waals surface area contributed by atoms with Gasteiger partial charge in [-0.3, -0.25) is 14.6 Å². The van der Waals surface area contributed by atoms with E-state index in [1.54, 1.807) is 18.6 Å². The molecule has 2 saturated heterocycles. The second-order valence-electron chi connectivity index (χ2n) is 10.2. The summed E-state index contributed by atoms with van der Waals surface area (Å²) in [5.74, 6) is -0.0279. The highest BCUT2D eigenvalue weighted by Gasteiger charge is 2.43. The van der Waals surface area contributed by atoms with Crippen LogP contribution in [0.3, 0.4) is 0 Å². The van der Waals surface area contributed by atoms with Crippen molar-refractivity contribution in [3.05, 3.63) is 47.4 Å². The molecule has 7 rings (SSSR count). The predicted molar refractivity (Wildman–Crippen MR) is 144 cm³/mol. The largest absolute Gasteiger partial charge is 0.384 e. The van der Waals surface area contributed by atoms with E-state index in [2.05, 4.69) is 15.1 Å². The van der Waals surface area contributed by atoms with E-state index in [4.69, 9.17) is 10.7 Å². The van der Waals surface area contributed by atoms with E-state index in [0.29, 0.717) is 29.9 Å². The minimum absolute atomic E-state index is 0.00750. The van der Waals surface area contributed by atoms with Crippen LogP contribution in [0, 0.1) is 5.92 Å². The number of anilines is 1. The molecule has 3 N–H and O–H groups in total. The molecule has 0 aromatic carbocycles. The Labute approximate surface area is 223 Å². The summed E-state index contributed by atoms with van der Waals surface area (Å²) in [6.45, 7) is 3.56. The van der Waals surface area contributed by atoms with Crippen molar-refractivity contribution in [1.29, 1.82) is 0 Å². The monoisotopic (exact) mass is 531 g/mol. The number of carbonyl (C=O) groups excluding carboxylic acids is 2. The van der Waals surface area contributed by atoms with Gasteiger partial charge in [-0.15, -0.1) is 11.3 Å². The molecule has 0 radical (unpaired) electrons. The predicted octanol–water partition coefficient (Wildman–Crippen LogP) is 3.57. The van der Waals surface area contributed by atoms with Gasteiger partial charge in [0.15, 0.2) is 11.4 Å². The van der Waals surface area contributed by atoms with Crippen LogP contribution >= 0.6 is 11.3 Å². The van der Waals surface area contributed by atoms with Gasteiger partial charge in [-0.05, 0) is 45.1 Å². The fraction of sp³-hybridized carbons (Fsp3) is 0.407. The molecule has 3 aliphatic rings. The standard InChI is InChI=1S/C27H29N7O3S/c1-14(35)22-23(19-10-18-5-3-4-17(19)13-33(18)27(37)15(2)36)32-25-20(12-31-34(25)24(22)28)16-6-7-21(30-11-16)26-29-8-9-38-26/h6-9,11-12,15,17-19,36H,3-5,10,13,28H2,1-2H3.